The molecule has 0 aromatic rings. The fourth-order valence-corrected chi connectivity index (χ4v) is 4.43. The highest BCUT2D eigenvalue weighted by Gasteiger charge is 2.55. The number of aliphatic carboxylic acids is 1. The van der Waals surface area contributed by atoms with Crippen molar-refractivity contribution < 1.29 is 9.90 Å². The summed E-state index contributed by atoms with van der Waals surface area (Å²) in [5.74, 6) is -0.661. The summed E-state index contributed by atoms with van der Waals surface area (Å²) < 4.78 is 0. The van der Waals surface area contributed by atoms with Gasteiger partial charge in [0, 0.05) is 6.21 Å². The summed E-state index contributed by atoms with van der Waals surface area (Å²) >= 11 is 0. The van der Waals surface area contributed by atoms with Gasteiger partial charge in [0.15, 0.2) is 0 Å². The predicted molar refractivity (Wildman–Crippen MR) is 105 cm³/mol. The van der Waals surface area contributed by atoms with Gasteiger partial charge in [-0.3, -0.25) is 9.79 Å². The van der Waals surface area contributed by atoms with Gasteiger partial charge in [-0.25, -0.2) is 0 Å². The third-order valence-electron chi connectivity index (χ3n) is 6.03. The van der Waals surface area contributed by atoms with Crippen molar-refractivity contribution in [3.8, 4) is 0 Å². The highest BCUT2D eigenvalue weighted by Crippen LogP contribution is 2.50. The van der Waals surface area contributed by atoms with Gasteiger partial charge < -0.3 is 5.11 Å². The van der Waals surface area contributed by atoms with Crippen molar-refractivity contribution in [1.82, 2.24) is 0 Å². The fraction of sp³-hybridized carbons (Fsp3) is 0.727. The smallest absolute Gasteiger partial charge is 0.312 e. The van der Waals surface area contributed by atoms with E-state index in [1.807, 2.05) is 6.08 Å². The zero-order valence-corrected chi connectivity index (χ0v) is 15.9. The van der Waals surface area contributed by atoms with Crippen molar-refractivity contribution in [1.29, 1.82) is 0 Å². The van der Waals surface area contributed by atoms with Crippen LogP contribution in [0, 0.1) is 5.41 Å². The molecule has 0 bridgehead atoms. The maximum Gasteiger partial charge on any atom is 0.312 e. The molecule has 2 rings (SSSR count). The topological polar surface area (TPSA) is 49.7 Å². The van der Waals surface area contributed by atoms with Crippen LogP contribution in [0.5, 0.6) is 0 Å². The second kappa shape index (κ2) is 9.94. The van der Waals surface area contributed by atoms with E-state index in [0.717, 1.165) is 44.9 Å². The number of nitrogens with zero attached hydrogens (tertiary/aromatic N) is 1. The molecule has 1 atom stereocenters. The summed E-state index contributed by atoms with van der Waals surface area (Å²) in [5.41, 5.74) is -1.32. The molecule has 1 unspecified atom stereocenters. The number of hydrogen-bond acceptors (Lipinski definition) is 2. The van der Waals surface area contributed by atoms with Crippen molar-refractivity contribution in [2.45, 2.75) is 95.9 Å². The highest BCUT2D eigenvalue weighted by atomic mass is 16.4. The monoisotopic (exact) mass is 345 g/mol. The van der Waals surface area contributed by atoms with E-state index < -0.39 is 16.9 Å². The Kier molecular flexibility index (Phi) is 7.92. The van der Waals surface area contributed by atoms with Gasteiger partial charge in [0.2, 0.25) is 0 Å². The molecule has 0 radical (unpaired) electrons. The van der Waals surface area contributed by atoms with Gasteiger partial charge in [-0.1, -0.05) is 76.5 Å². The second-order valence-electron chi connectivity index (χ2n) is 7.74. The molecule has 2 aliphatic rings. The summed E-state index contributed by atoms with van der Waals surface area (Å²) in [6.07, 6.45) is 24.2. The molecule has 1 aliphatic carbocycles. The number of carboxylic acids is 1. The first kappa shape index (κ1) is 19.9. The number of unbranched alkanes of at least 4 members (excludes halogenated alkanes) is 5. The lowest BCUT2D eigenvalue weighted by Gasteiger charge is -2.42. The highest BCUT2D eigenvalue weighted by molar-refractivity contribution is 5.82. The molecule has 25 heavy (non-hydrogen) atoms. The van der Waals surface area contributed by atoms with Crippen LogP contribution in [0.4, 0.5) is 0 Å². The van der Waals surface area contributed by atoms with Crippen molar-refractivity contribution in [3.63, 3.8) is 0 Å². The van der Waals surface area contributed by atoms with Crippen LogP contribution in [0.2, 0.25) is 0 Å². The number of hydrogen-bond donors (Lipinski definition) is 1. The quantitative estimate of drug-likeness (QED) is 0.295. The van der Waals surface area contributed by atoms with Gasteiger partial charge in [0.1, 0.15) is 0 Å². The minimum atomic E-state index is -0.738. The Morgan fingerprint density at radius 2 is 1.80 bits per heavy atom. The van der Waals surface area contributed by atoms with E-state index in [1.165, 1.54) is 32.1 Å². The Morgan fingerprint density at radius 1 is 1.08 bits per heavy atom. The minimum Gasteiger partial charge on any atom is -0.481 e. The molecule has 1 heterocycles. The third kappa shape index (κ3) is 4.83. The number of aliphatic imine (C=N–C) groups is 1. The van der Waals surface area contributed by atoms with Crippen molar-refractivity contribution in [3.05, 3.63) is 24.3 Å². The van der Waals surface area contributed by atoms with Crippen LogP contribution < -0.4 is 0 Å². The lowest BCUT2D eigenvalue weighted by Crippen LogP contribution is -2.50. The standard InChI is InChI=1S/C22H35NO2/c1-2-3-4-5-6-7-8-13-17-22(18-14-19-23-22)21(20(24)25)15-11-9-10-12-16-21/h8,13-14,18-19H,2-7,9-12,15-17H2,1H3,(H,24,25). The average Bonchev–Trinajstić information content (AvgIpc) is 2.94. The van der Waals surface area contributed by atoms with Crippen molar-refractivity contribution >= 4 is 12.2 Å². The summed E-state index contributed by atoms with van der Waals surface area (Å²) in [7, 11) is 0. The summed E-state index contributed by atoms with van der Waals surface area (Å²) in [5, 5.41) is 10.1. The SMILES string of the molecule is CCCCCCCC=CCC1(C2(C(=O)O)CCCCCC2)C=CC=N1. The largest absolute Gasteiger partial charge is 0.481 e. The van der Waals surface area contributed by atoms with Crippen molar-refractivity contribution in [2.75, 3.05) is 0 Å². The summed E-state index contributed by atoms with van der Waals surface area (Å²) in [4.78, 5) is 17.0. The molecule has 0 aromatic carbocycles. The molecule has 0 spiro atoms. The van der Waals surface area contributed by atoms with E-state index in [1.54, 1.807) is 6.21 Å². The molecular weight excluding hydrogens is 310 g/mol. The van der Waals surface area contributed by atoms with Crippen LogP contribution in [0.25, 0.3) is 0 Å². The number of carboxylic acid groups (broad SMARTS) is 1. The van der Waals surface area contributed by atoms with Gasteiger partial charge in [0.05, 0.1) is 11.0 Å². The number of allylic oxidation sites excluding steroid dienone is 2. The Bertz CT molecular complexity index is 484. The predicted octanol–water partition coefficient (Wildman–Crippen LogP) is 6.10. The lowest BCUT2D eigenvalue weighted by atomic mass is 9.63. The molecule has 1 fully saturated rings. The van der Waals surface area contributed by atoms with Crippen molar-refractivity contribution in [2.24, 2.45) is 10.4 Å². The molecule has 140 valence electrons. The fourth-order valence-electron chi connectivity index (χ4n) is 4.43. The first-order chi connectivity index (χ1) is 12.2. The zero-order chi connectivity index (χ0) is 18.0. The molecule has 0 aromatic heterocycles. The van der Waals surface area contributed by atoms with Crippen LogP contribution in [-0.2, 0) is 4.79 Å². The van der Waals surface area contributed by atoms with Crippen LogP contribution in [-0.4, -0.2) is 22.8 Å². The van der Waals surface area contributed by atoms with E-state index in [4.69, 9.17) is 4.99 Å². The van der Waals surface area contributed by atoms with Crippen LogP contribution in [0.15, 0.2) is 29.3 Å². The van der Waals surface area contributed by atoms with Gasteiger partial charge in [-0.2, -0.15) is 0 Å². The molecule has 1 saturated carbocycles. The zero-order valence-electron chi connectivity index (χ0n) is 15.9. The van der Waals surface area contributed by atoms with Gasteiger partial charge in [-0.15, -0.1) is 0 Å². The van der Waals surface area contributed by atoms with Gasteiger partial charge in [-0.05, 0) is 38.2 Å². The first-order valence-electron chi connectivity index (χ1n) is 10.3. The molecule has 0 amide bonds. The summed E-state index contributed by atoms with van der Waals surface area (Å²) in [6.45, 7) is 2.24. The maximum absolute atomic E-state index is 12.3. The Balaban J connectivity index is 2.01. The van der Waals surface area contributed by atoms with E-state index in [2.05, 4.69) is 25.2 Å². The molecule has 3 heteroatoms. The van der Waals surface area contributed by atoms with Gasteiger partial charge in [0.25, 0.3) is 0 Å². The summed E-state index contributed by atoms with van der Waals surface area (Å²) in [6, 6.07) is 0. The lowest BCUT2D eigenvalue weighted by molar-refractivity contribution is -0.153. The number of carbonyl (C=O) groups is 1. The normalized spacial score (nSPS) is 25.5. The molecule has 0 saturated heterocycles. The van der Waals surface area contributed by atoms with E-state index in [0.29, 0.717) is 6.42 Å². The molecular formula is C22H35NO2. The molecule has 1 aliphatic heterocycles. The minimum absolute atomic E-state index is 0.581. The number of rotatable bonds is 10. The van der Waals surface area contributed by atoms with Crippen LogP contribution in [0.3, 0.4) is 0 Å². The van der Waals surface area contributed by atoms with E-state index in [-0.39, 0.29) is 0 Å². The third-order valence-corrected chi connectivity index (χ3v) is 6.03. The first-order valence-corrected chi connectivity index (χ1v) is 10.3. The van der Waals surface area contributed by atoms with E-state index in [9.17, 15) is 9.90 Å². The molecule has 3 nitrogen and oxygen atoms in total. The molecule has 1 N–H and O–H groups in total. The Labute approximate surface area is 153 Å². The Morgan fingerprint density at radius 3 is 2.40 bits per heavy atom. The van der Waals surface area contributed by atoms with Crippen LogP contribution >= 0.6 is 0 Å². The van der Waals surface area contributed by atoms with Crippen LogP contribution in [0.1, 0.15) is 90.4 Å². The van der Waals surface area contributed by atoms with Gasteiger partial charge >= 0.3 is 5.97 Å². The second-order valence-corrected chi connectivity index (χ2v) is 7.74. The van der Waals surface area contributed by atoms with E-state index >= 15 is 0 Å². The Hall–Kier alpha value is -1.38. The average molecular weight is 346 g/mol. The maximum atomic E-state index is 12.3.